The second-order valence-electron chi connectivity index (χ2n) is 5.52. The van der Waals surface area contributed by atoms with E-state index in [1.807, 2.05) is 0 Å². The molecular formula is C16H20O. The first-order valence-electron chi connectivity index (χ1n) is 6.29. The molecule has 0 saturated heterocycles. The predicted molar refractivity (Wildman–Crippen MR) is 71.5 cm³/mol. The van der Waals surface area contributed by atoms with Gasteiger partial charge in [-0.25, -0.2) is 0 Å². The lowest BCUT2D eigenvalue weighted by atomic mass is 9.83. The highest BCUT2D eigenvalue weighted by molar-refractivity contribution is 5.52. The van der Waals surface area contributed by atoms with Crippen molar-refractivity contribution in [3.63, 3.8) is 0 Å². The van der Waals surface area contributed by atoms with Crippen molar-refractivity contribution in [1.29, 1.82) is 0 Å². The summed E-state index contributed by atoms with van der Waals surface area (Å²) in [5.74, 6) is 4.31. The minimum Gasteiger partial charge on any atom is -0.487 e. The molecule has 0 saturated carbocycles. The lowest BCUT2D eigenvalue weighted by Crippen LogP contribution is -2.34. The summed E-state index contributed by atoms with van der Waals surface area (Å²) in [7, 11) is 0. The van der Waals surface area contributed by atoms with Crippen LogP contribution in [0.25, 0.3) is 0 Å². The molecule has 1 unspecified atom stereocenters. The monoisotopic (exact) mass is 228 g/mol. The third kappa shape index (κ3) is 2.17. The SMILES string of the molecule is C#Cc1cc(CC)c2c(c1)C(C)CC(C)(C)O2. The number of hydrogen-bond donors (Lipinski definition) is 0. The summed E-state index contributed by atoms with van der Waals surface area (Å²) in [5, 5.41) is 0. The van der Waals surface area contributed by atoms with Crippen molar-refractivity contribution in [2.75, 3.05) is 0 Å². The van der Waals surface area contributed by atoms with E-state index in [1.165, 1.54) is 11.1 Å². The van der Waals surface area contributed by atoms with Gasteiger partial charge in [0.2, 0.25) is 0 Å². The van der Waals surface area contributed by atoms with E-state index in [2.05, 4.69) is 45.7 Å². The van der Waals surface area contributed by atoms with Crippen LogP contribution >= 0.6 is 0 Å². The molecule has 17 heavy (non-hydrogen) atoms. The van der Waals surface area contributed by atoms with E-state index in [9.17, 15) is 0 Å². The van der Waals surface area contributed by atoms with Crippen LogP contribution in [0.15, 0.2) is 12.1 Å². The van der Waals surface area contributed by atoms with Crippen LogP contribution in [0.4, 0.5) is 0 Å². The zero-order valence-corrected chi connectivity index (χ0v) is 11.1. The molecule has 1 aromatic carbocycles. The van der Waals surface area contributed by atoms with Crippen molar-refractivity contribution >= 4 is 0 Å². The maximum Gasteiger partial charge on any atom is 0.126 e. The van der Waals surface area contributed by atoms with E-state index >= 15 is 0 Å². The zero-order chi connectivity index (χ0) is 12.6. The second-order valence-corrected chi connectivity index (χ2v) is 5.52. The highest BCUT2D eigenvalue weighted by atomic mass is 16.5. The Kier molecular flexibility index (Phi) is 2.91. The molecule has 0 N–H and O–H groups in total. The average Bonchev–Trinajstić information content (AvgIpc) is 2.26. The average molecular weight is 228 g/mol. The van der Waals surface area contributed by atoms with E-state index in [0.717, 1.165) is 24.2 Å². The van der Waals surface area contributed by atoms with Gasteiger partial charge in [0, 0.05) is 5.56 Å². The van der Waals surface area contributed by atoms with Crippen LogP contribution in [0.3, 0.4) is 0 Å². The molecule has 0 aliphatic carbocycles. The Balaban J connectivity index is 2.59. The van der Waals surface area contributed by atoms with Crippen molar-refractivity contribution in [1.82, 2.24) is 0 Å². The van der Waals surface area contributed by atoms with Crippen LogP contribution in [0.1, 0.15) is 56.7 Å². The number of benzene rings is 1. The molecule has 90 valence electrons. The lowest BCUT2D eigenvalue weighted by Gasteiger charge is -2.37. The van der Waals surface area contributed by atoms with Gasteiger partial charge in [-0.3, -0.25) is 0 Å². The quantitative estimate of drug-likeness (QED) is 0.662. The fourth-order valence-corrected chi connectivity index (χ4v) is 2.72. The number of ether oxygens (including phenoxy) is 1. The Hall–Kier alpha value is -1.42. The minimum atomic E-state index is -0.0754. The normalized spacial score (nSPS) is 21.2. The third-order valence-corrected chi connectivity index (χ3v) is 3.45. The molecule has 1 aromatic rings. The first-order valence-corrected chi connectivity index (χ1v) is 6.29. The van der Waals surface area contributed by atoms with E-state index in [-0.39, 0.29) is 5.60 Å². The molecule has 1 heterocycles. The Bertz CT molecular complexity index is 477. The Morgan fingerprint density at radius 2 is 2.18 bits per heavy atom. The van der Waals surface area contributed by atoms with Crippen molar-refractivity contribution in [3.05, 3.63) is 28.8 Å². The number of hydrogen-bond acceptors (Lipinski definition) is 1. The van der Waals surface area contributed by atoms with Crippen LogP contribution in [-0.2, 0) is 6.42 Å². The fraction of sp³-hybridized carbons (Fsp3) is 0.500. The Labute approximate surface area is 104 Å². The molecule has 0 aromatic heterocycles. The highest BCUT2D eigenvalue weighted by Crippen LogP contribution is 2.43. The van der Waals surface area contributed by atoms with Crippen LogP contribution in [0.2, 0.25) is 0 Å². The second kappa shape index (κ2) is 4.11. The van der Waals surface area contributed by atoms with Crippen LogP contribution < -0.4 is 4.74 Å². The molecule has 1 aliphatic heterocycles. The molecular weight excluding hydrogens is 208 g/mol. The van der Waals surface area contributed by atoms with Gasteiger partial charge in [0.15, 0.2) is 0 Å². The largest absolute Gasteiger partial charge is 0.487 e. The van der Waals surface area contributed by atoms with Gasteiger partial charge in [-0.2, -0.15) is 0 Å². The summed E-state index contributed by atoms with van der Waals surface area (Å²) >= 11 is 0. The molecule has 1 atom stereocenters. The maximum absolute atomic E-state index is 6.14. The van der Waals surface area contributed by atoms with Gasteiger partial charge in [0.1, 0.15) is 11.4 Å². The maximum atomic E-state index is 6.14. The highest BCUT2D eigenvalue weighted by Gasteiger charge is 2.32. The van der Waals surface area contributed by atoms with E-state index in [4.69, 9.17) is 11.2 Å². The summed E-state index contributed by atoms with van der Waals surface area (Å²) in [4.78, 5) is 0. The Morgan fingerprint density at radius 1 is 1.47 bits per heavy atom. The van der Waals surface area contributed by atoms with E-state index in [0.29, 0.717) is 5.92 Å². The minimum absolute atomic E-state index is 0.0754. The van der Waals surface area contributed by atoms with Gasteiger partial charge in [0.05, 0.1) is 0 Å². The van der Waals surface area contributed by atoms with E-state index < -0.39 is 0 Å². The van der Waals surface area contributed by atoms with Crippen LogP contribution in [0, 0.1) is 12.3 Å². The molecule has 1 heteroatoms. The Morgan fingerprint density at radius 3 is 2.76 bits per heavy atom. The molecule has 0 radical (unpaired) electrons. The molecule has 0 amide bonds. The molecule has 0 fully saturated rings. The third-order valence-electron chi connectivity index (χ3n) is 3.45. The summed E-state index contributed by atoms with van der Waals surface area (Å²) in [6.07, 6.45) is 7.51. The van der Waals surface area contributed by atoms with Gasteiger partial charge in [-0.1, -0.05) is 19.8 Å². The first-order chi connectivity index (χ1) is 7.96. The number of rotatable bonds is 1. The van der Waals surface area contributed by atoms with Crippen LogP contribution in [-0.4, -0.2) is 5.60 Å². The summed E-state index contributed by atoms with van der Waals surface area (Å²) in [6.45, 7) is 8.70. The fourth-order valence-electron chi connectivity index (χ4n) is 2.72. The van der Waals surface area contributed by atoms with Crippen molar-refractivity contribution < 1.29 is 4.74 Å². The smallest absolute Gasteiger partial charge is 0.126 e. The van der Waals surface area contributed by atoms with Gasteiger partial charge in [-0.15, -0.1) is 6.42 Å². The molecule has 1 nitrogen and oxygen atoms in total. The van der Waals surface area contributed by atoms with Crippen molar-refractivity contribution in [2.45, 2.75) is 52.1 Å². The van der Waals surface area contributed by atoms with Gasteiger partial charge in [-0.05, 0) is 55.9 Å². The molecule has 2 rings (SSSR count). The van der Waals surface area contributed by atoms with Gasteiger partial charge >= 0.3 is 0 Å². The molecule has 0 bridgehead atoms. The zero-order valence-electron chi connectivity index (χ0n) is 11.1. The van der Waals surface area contributed by atoms with Gasteiger partial charge in [0.25, 0.3) is 0 Å². The molecule has 1 aliphatic rings. The van der Waals surface area contributed by atoms with Crippen molar-refractivity contribution in [2.24, 2.45) is 0 Å². The number of fused-ring (bicyclic) bond motifs is 1. The van der Waals surface area contributed by atoms with Gasteiger partial charge < -0.3 is 4.74 Å². The number of terminal acetylenes is 1. The van der Waals surface area contributed by atoms with Crippen molar-refractivity contribution in [3.8, 4) is 18.1 Å². The lowest BCUT2D eigenvalue weighted by molar-refractivity contribution is 0.0734. The first kappa shape index (κ1) is 12.0. The number of aryl methyl sites for hydroxylation is 1. The predicted octanol–water partition coefficient (Wildman–Crippen LogP) is 3.89. The summed E-state index contributed by atoms with van der Waals surface area (Å²) in [6, 6.07) is 4.18. The van der Waals surface area contributed by atoms with E-state index in [1.54, 1.807) is 0 Å². The molecule has 0 spiro atoms. The summed E-state index contributed by atoms with van der Waals surface area (Å²) in [5.41, 5.74) is 3.40. The summed E-state index contributed by atoms with van der Waals surface area (Å²) < 4.78 is 6.14. The van der Waals surface area contributed by atoms with Crippen LogP contribution in [0.5, 0.6) is 5.75 Å². The standard InChI is InChI=1S/C16H20O/c1-6-12-8-13(7-2)15-14(9-12)11(3)10-16(4,5)17-15/h1,8-9,11H,7,10H2,2-5H3. The topological polar surface area (TPSA) is 9.23 Å².